The molecule has 1 atom stereocenters. The van der Waals surface area contributed by atoms with Crippen molar-refractivity contribution in [2.24, 2.45) is 0 Å². The Hall–Kier alpha value is -1.69. The van der Waals surface area contributed by atoms with Gasteiger partial charge in [-0.05, 0) is 19.3 Å². The lowest BCUT2D eigenvalue weighted by Crippen LogP contribution is -2.42. The van der Waals surface area contributed by atoms with Crippen molar-refractivity contribution in [3.63, 3.8) is 0 Å². The Balaban J connectivity index is 2.23. The zero-order valence-electron chi connectivity index (χ0n) is 10.4. The molecule has 1 aromatic rings. The minimum absolute atomic E-state index is 0.0564. The van der Waals surface area contributed by atoms with Crippen molar-refractivity contribution in [1.82, 2.24) is 9.97 Å². The molecule has 1 unspecified atom stereocenters. The van der Waals surface area contributed by atoms with Crippen LogP contribution in [0.2, 0.25) is 0 Å². The monoisotopic (exact) mass is 251 g/mol. The summed E-state index contributed by atoms with van der Waals surface area (Å²) in [6.45, 7) is 0.911. The van der Waals surface area contributed by atoms with E-state index in [1.807, 2.05) is 4.90 Å². The van der Waals surface area contributed by atoms with Crippen molar-refractivity contribution in [1.29, 1.82) is 0 Å². The molecule has 1 aliphatic heterocycles. The third-order valence-electron chi connectivity index (χ3n) is 3.15. The van der Waals surface area contributed by atoms with Crippen molar-refractivity contribution in [3.05, 3.63) is 18.1 Å². The van der Waals surface area contributed by atoms with Crippen molar-refractivity contribution in [3.8, 4) is 0 Å². The predicted molar refractivity (Wildman–Crippen MR) is 65.4 cm³/mol. The second kappa shape index (κ2) is 5.77. The third kappa shape index (κ3) is 2.59. The van der Waals surface area contributed by atoms with E-state index < -0.39 is 5.97 Å². The maximum Gasteiger partial charge on any atom is 0.358 e. The molecule has 1 saturated heterocycles. The summed E-state index contributed by atoms with van der Waals surface area (Å²) < 4.78 is 4.62. The molecule has 98 valence electrons. The normalized spacial score (nSPS) is 19.7. The molecule has 1 aromatic heterocycles. The fourth-order valence-electron chi connectivity index (χ4n) is 2.19. The molecule has 0 saturated carbocycles. The van der Waals surface area contributed by atoms with Gasteiger partial charge in [-0.15, -0.1) is 0 Å². The van der Waals surface area contributed by atoms with Gasteiger partial charge in [0.05, 0.1) is 32.2 Å². The number of esters is 1. The molecule has 18 heavy (non-hydrogen) atoms. The number of aliphatic hydroxyl groups is 1. The van der Waals surface area contributed by atoms with Crippen molar-refractivity contribution in [2.45, 2.75) is 25.3 Å². The second-order valence-corrected chi connectivity index (χ2v) is 4.28. The average molecular weight is 251 g/mol. The molecule has 6 nitrogen and oxygen atoms in total. The molecule has 1 fully saturated rings. The molecule has 0 aromatic carbocycles. The van der Waals surface area contributed by atoms with Gasteiger partial charge in [-0.1, -0.05) is 0 Å². The third-order valence-corrected chi connectivity index (χ3v) is 3.15. The predicted octanol–water partition coefficient (Wildman–Crippen LogP) is 0.614. The lowest BCUT2D eigenvalue weighted by molar-refractivity contribution is 0.0593. The minimum atomic E-state index is -0.498. The second-order valence-electron chi connectivity index (χ2n) is 4.28. The Bertz CT molecular complexity index is 425. The summed E-state index contributed by atoms with van der Waals surface area (Å²) in [6.07, 6.45) is 6.08. The van der Waals surface area contributed by atoms with Crippen LogP contribution >= 0.6 is 0 Å². The summed E-state index contributed by atoms with van der Waals surface area (Å²) in [4.78, 5) is 21.7. The number of carbonyl (C=O) groups excluding carboxylic acids is 1. The molecule has 0 bridgehead atoms. The summed E-state index contributed by atoms with van der Waals surface area (Å²) in [5.74, 6) is 0.124. The van der Waals surface area contributed by atoms with Gasteiger partial charge in [0, 0.05) is 6.54 Å². The minimum Gasteiger partial charge on any atom is -0.464 e. The summed E-state index contributed by atoms with van der Waals surface area (Å²) in [7, 11) is 1.31. The van der Waals surface area contributed by atoms with Gasteiger partial charge in [-0.3, -0.25) is 4.98 Å². The lowest BCUT2D eigenvalue weighted by Gasteiger charge is -2.35. The molecule has 0 radical (unpaired) electrons. The van der Waals surface area contributed by atoms with Gasteiger partial charge in [-0.2, -0.15) is 0 Å². The van der Waals surface area contributed by atoms with E-state index in [1.54, 1.807) is 6.20 Å². The van der Waals surface area contributed by atoms with E-state index in [4.69, 9.17) is 0 Å². The van der Waals surface area contributed by atoms with Crippen LogP contribution in [0.3, 0.4) is 0 Å². The Morgan fingerprint density at radius 2 is 2.39 bits per heavy atom. The Labute approximate surface area is 106 Å². The first kappa shape index (κ1) is 12.8. The van der Waals surface area contributed by atoms with Crippen LogP contribution in [0.5, 0.6) is 0 Å². The molecule has 2 heterocycles. The van der Waals surface area contributed by atoms with E-state index in [0.717, 1.165) is 25.8 Å². The summed E-state index contributed by atoms with van der Waals surface area (Å²) >= 11 is 0. The van der Waals surface area contributed by atoms with Crippen molar-refractivity contribution < 1.29 is 14.6 Å². The SMILES string of the molecule is COC(=O)c1cncc(N2CCCCC2CO)n1. The average Bonchev–Trinajstić information content (AvgIpc) is 2.46. The van der Waals surface area contributed by atoms with Crippen LogP contribution < -0.4 is 4.90 Å². The number of piperidine rings is 1. The molecule has 1 N–H and O–H groups in total. The van der Waals surface area contributed by atoms with Gasteiger partial charge >= 0.3 is 5.97 Å². The molecular weight excluding hydrogens is 234 g/mol. The van der Waals surface area contributed by atoms with E-state index in [1.165, 1.54) is 13.3 Å². The lowest BCUT2D eigenvalue weighted by atomic mass is 10.0. The van der Waals surface area contributed by atoms with Crippen LogP contribution in [0.15, 0.2) is 12.4 Å². The van der Waals surface area contributed by atoms with Gasteiger partial charge in [0.25, 0.3) is 0 Å². The number of ether oxygens (including phenoxy) is 1. The first-order valence-electron chi connectivity index (χ1n) is 6.04. The summed E-state index contributed by atoms with van der Waals surface area (Å²) in [5.41, 5.74) is 0.192. The number of carbonyl (C=O) groups is 1. The maximum atomic E-state index is 11.4. The molecule has 0 spiro atoms. The number of anilines is 1. The van der Waals surface area contributed by atoms with E-state index in [-0.39, 0.29) is 18.3 Å². The van der Waals surface area contributed by atoms with Crippen LogP contribution in [-0.4, -0.2) is 47.3 Å². The molecule has 6 heteroatoms. The zero-order chi connectivity index (χ0) is 13.0. The van der Waals surface area contributed by atoms with Gasteiger partial charge in [0.15, 0.2) is 5.69 Å². The number of methoxy groups -OCH3 is 1. The quantitative estimate of drug-likeness (QED) is 0.793. The molecular formula is C12H17N3O3. The van der Waals surface area contributed by atoms with Gasteiger partial charge < -0.3 is 14.7 Å². The van der Waals surface area contributed by atoms with Gasteiger partial charge in [-0.25, -0.2) is 9.78 Å². The first-order valence-corrected chi connectivity index (χ1v) is 6.04. The van der Waals surface area contributed by atoms with E-state index >= 15 is 0 Å². The van der Waals surface area contributed by atoms with E-state index in [0.29, 0.717) is 5.82 Å². The molecule has 1 aliphatic rings. The number of aliphatic hydroxyl groups excluding tert-OH is 1. The maximum absolute atomic E-state index is 11.4. The highest BCUT2D eigenvalue weighted by molar-refractivity contribution is 5.87. The smallest absolute Gasteiger partial charge is 0.358 e. The highest BCUT2D eigenvalue weighted by Gasteiger charge is 2.23. The van der Waals surface area contributed by atoms with Crippen molar-refractivity contribution >= 4 is 11.8 Å². The number of aromatic nitrogens is 2. The first-order chi connectivity index (χ1) is 8.76. The number of hydrogen-bond donors (Lipinski definition) is 1. The number of rotatable bonds is 3. The molecule has 0 amide bonds. The zero-order valence-corrected chi connectivity index (χ0v) is 10.4. The highest BCUT2D eigenvalue weighted by Crippen LogP contribution is 2.22. The molecule has 2 rings (SSSR count). The van der Waals surface area contributed by atoms with Crippen LogP contribution in [0.1, 0.15) is 29.8 Å². The standard InChI is InChI=1S/C12H17N3O3/c1-18-12(17)10-6-13-7-11(14-10)15-5-3-2-4-9(15)8-16/h6-7,9,16H,2-5,8H2,1H3. The van der Waals surface area contributed by atoms with Gasteiger partial charge in [0.1, 0.15) is 5.82 Å². The van der Waals surface area contributed by atoms with E-state index in [9.17, 15) is 9.90 Å². The fraction of sp³-hybridized carbons (Fsp3) is 0.583. The highest BCUT2D eigenvalue weighted by atomic mass is 16.5. The van der Waals surface area contributed by atoms with Crippen molar-refractivity contribution in [2.75, 3.05) is 25.2 Å². The van der Waals surface area contributed by atoms with Gasteiger partial charge in [0.2, 0.25) is 0 Å². The van der Waals surface area contributed by atoms with E-state index in [2.05, 4.69) is 14.7 Å². The van der Waals surface area contributed by atoms with Crippen LogP contribution in [0, 0.1) is 0 Å². The largest absolute Gasteiger partial charge is 0.464 e. The van der Waals surface area contributed by atoms with Crippen LogP contribution in [0.25, 0.3) is 0 Å². The van der Waals surface area contributed by atoms with Crippen LogP contribution in [-0.2, 0) is 4.74 Å². The summed E-state index contributed by atoms with van der Waals surface area (Å²) in [5, 5.41) is 9.37. The molecule has 0 aliphatic carbocycles. The topological polar surface area (TPSA) is 75.5 Å². The Kier molecular flexibility index (Phi) is 4.09. The Morgan fingerprint density at radius 3 is 3.11 bits per heavy atom. The number of nitrogens with zero attached hydrogens (tertiary/aromatic N) is 3. The Morgan fingerprint density at radius 1 is 1.56 bits per heavy atom. The fourth-order valence-corrected chi connectivity index (χ4v) is 2.19. The summed E-state index contributed by atoms with van der Waals surface area (Å²) in [6, 6.07) is 0.0564. The number of hydrogen-bond acceptors (Lipinski definition) is 6. The van der Waals surface area contributed by atoms with Crippen LogP contribution in [0.4, 0.5) is 5.82 Å².